The Balaban J connectivity index is 1.15. The Morgan fingerprint density at radius 1 is 1.34 bits per heavy atom. The third kappa shape index (κ3) is 6.92. The molecule has 0 spiro atoms. The van der Waals surface area contributed by atoms with Crippen LogP contribution in [0.15, 0.2) is 11.6 Å². The van der Waals surface area contributed by atoms with Crippen LogP contribution in [-0.4, -0.2) is 52.4 Å². The molecule has 4 rings (SSSR count). The second-order valence-electron chi connectivity index (χ2n) is 8.91. The normalized spacial score (nSPS) is 21.8. The van der Waals surface area contributed by atoms with Gasteiger partial charge in [-0.3, -0.25) is 9.69 Å². The fourth-order valence-corrected chi connectivity index (χ4v) is 5.91. The number of halogens is 2. The average molecular weight is 485 g/mol. The molecule has 1 fully saturated rings. The molecule has 2 aromatic rings. The molecule has 1 aliphatic heterocycles. The van der Waals surface area contributed by atoms with Crippen molar-refractivity contribution < 1.29 is 18.3 Å². The van der Waals surface area contributed by atoms with Crippen LogP contribution in [0.25, 0.3) is 0 Å². The number of amides is 1. The molecule has 32 heavy (non-hydrogen) atoms. The van der Waals surface area contributed by atoms with E-state index in [1.807, 2.05) is 5.38 Å². The summed E-state index contributed by atoms with van der Waals surface area (Å²) in [5.41, 5.74) is 0.974. The first-order valence-electron chi connectivity index (χ1n) is 11.2. The highest BCUT2D eigenvalue weighted by Crippen LogP contribution is 2.32. The van der Waals surface area contributed by atoms with Gasteiger partial charge in [-0.25, -0.2) is 18.7 Å². The van der Waals surface area contributed by atoms with Gasteiger partial charge in [-0.05, 0) is 51.0 Å². The number of carbonyl (C=O) groups excluding carboxylic acids is 1. The van der Waals surface area contributed by atoms with Crippen molar-refractivity contribution in [3.63, 3.8) is 0 Å². The van der Waals surface area contributed by atoms with Crippen molar-refractivity contribution in [2.45, 2.75) is 70.4 Å². The van der Waals surface area contributed by atoms with Crippen LogP contribution in [-0.2, 0) is 24.2 Å². The number of carbonyl (C=O) groups is 1. The van der Waals surface area contributed by atoms with Crippen LogP contribution < -0.4 is 10.1 Å². The second kappa shape index (κ2) is 10.5. The molecule has 10 heteroatoms. The first-order valence-corrected chi connectivity index (χ1v) is 12.9. The van der Waals surface area contributed by atoms with E-state index >= 15 is 0 Å². The minimum absolute atomic E-state index is 0.0711. The lowest BCUT2D eigenvalue weighted by atomic mass is 9.84. The van der Waals surface area contributed by atoms with E-state index in [1.165, 1.54) is 22.7 Å². The fraction of sp³-hybridized carbons (Fsp3) is 0.682. The van der Waals surface area contributed by atoms with E-state index in [9.17, 15) is 13.6 Å². The van der Waals surface area contributed by atoms with E-state index in [1.54, 1.807) is 6.20 Å². The lowest BCUT2D eigenvalue weighted by molar-refractivity contribution is -0.121. The molecule has 2 aromatic heterocycles. The van der Waals surface area contributed by atoms with Gasteiger partial charge in [0.15, 0.2) is 6.61 Å². The van der Waals surface area contributed by atoms with E-state index in [4.69, 9.17) is 4.74 Å². The van der Waals surface area contributed by atoms with Gasteiger partial charge in [-0.15, -0.1) is 11.3 Å². The molecule has 3 heterocycles. The van der Waals surface area contributed by atoms with Crippen LogP contribution in [0, 0.1) is 5.92 Å². The summed E-state index contributed by atoms with van der Waals surface area (Å²) >= 11 is 2.92. The maximum atomic E-state index is 13.0. The third-order valence-corrected chi connectivity index (χ3v) is 7.95. The first-order chi connectivity index (χ1) is 15.3. The Morgan fingerprint density at radius 3 is 2.88 bits per heavy atom. The van der Waals surface area contributed by atoms with Crippen molar-refractivity contribution in [2.24, 2.45) is 5.92 Å². The summed E-state index contributed by atoms with van der Waals surface area (Å²) in [6.07, 6.45) is 8.50. The van der Waals surface area contributed by atoms with E-state index in [0.29, 0.717) is 17.5 Å². The van der Waals surface area contributed by atoms with Crippen molar-refractivity contribution in [3.05, 3.63) is 27.2 Å². The molecule has 0 saturated heterocycles. The molecule has 1 saturated carbocycles. The molecular formula is C22H30F2N4O2S2. The highest BCUT2D eigenvalue weighted by Gasteiger charge is 2.27. The highest BCUT2D eigenvalue weighted by molar-refractivity contribution is 7.13. The summed E-state index contributed by atoms with van der Waals surface area (Å²) in [6, 6.07) is 0.278. The molecule has 1 amide bonds. The van der Waals surface area contributed by atoms with Gasteiger partial charge >= 0.3 is 0 Å². The van der Waals surface area contributed by atoms with Crippen LogP contribution in [0.3, 0.4) is 0 Å². The Bertz CT molecular complexity index is 877. The third-order valence-electron chi connectivity index (χ3n) is 6.10. The maximum absolute atomic E-state index is 13.0. The molecule has 0 aromatic carbocycles. The predicted molar refractivity (Wildman–Crippen MR) is 122 cm³/mol. The summed E-state index contributed by atoms with van der Waals surface area (Å²) < 4.78 is 31.2. The van der Waals surface area contributed by atoms with Crippen LogP contribution in [0.4, 0.5) is 8.78 Å². The number of rotatable bonds is 9. The summed E-state index contributed by atoms with van der Waals surface area (Å²) in [5.74, 6) is -2.09. The summed E-state index contributed by atoms with van der Waals surface area (Å²) in [4.78, 5) is 24.4. The van der Waals surface area contributed by atoms with Gasteiger partial charge in [0.2, 0.25) is 5.91 Å². The Hall–Kier alpha value is -1.65. The van der Waals surface area contributed by atoms with Gasteiger partial charge in [-0.1, -0.05) is 11.3 Å². The molecule has 176 valence electrons. The topological polar surface area (TPSA) is 67.3 Å². The quantitative estimate of drug-likeness (QED) is 0.575. The van der Waals surface area contributed by atoms with E-state index in [2.05, 4.69) is 20.2 Å². The molecule has 6 nitrogen and oxygen atoms in total. The standard InChI is InChI=1S/C22H30F2N4O2S2/c1-22(23,24)14-30-21-27-17-13-28(10-7-18(17)32-21)9-6-15-2-4-16(5-3-15)26-19(29)12-20-25-8-11-31-20/h8,11,15-16H,2-7,9-10,12-14H2,1H3,(H,26,29)/t15-,16-. The number of hydrogen-bond acceptors (Lipinski definition) is 7. The van der Waals surface area contributed by atoms with Crippen molar-refractivity contribution in [1.29, 1.82) is 0 Å². The van der Waals surface area contributed by atoms with E-state index in [0.717, 1.165) is 80.7 Å². The number of ether oxygens (including phenoxy) is 1. The smallest absolute Gasteiger partial charge is 0.278 e. The summed E-state index contributed by atoms with van der Waals surface area (Å²) in [6.45, 7) is 2.98. The number of alkyl halides is 2. The SMILES string of the molecule is CC(F)(F)COc1nc2c(s1)CCN(CC[C@H]1CC[C@H](NC(=O)Cc3nccs3)CC1)C2. The molecule has 0 bridgehead atoms. The van der Waals surface area contributed by atoms with E-state index < -0.39 is 12.5 Å². The van der Waals surface area contributed by atoms with Gasteiger partial charge < -0.3 is 10.1 Å². The first kappa shape index (κ1) is 23.5. The van der Waals surface area contributed by atoms with Gasteiger partial charge in [0.05, 0.1) is 12.1 Å². The number of fused-ring (bicyclic) bond motifs is 1. The molecule has 1 aliphatic carbocycles. The van der Waals surface area contributed by atoms with Gasteiger partial charge in [0.25, 0.3) is 11.1 Å². The van der Waals surface area contributed by atoms with Crippen LogP contribution in [0.1, 0.15) is 54.6 Å². The second-order valence-corrected chi connectivity index (χ2v) is 10.9. The lowest BCUT2D eigenvalue weighted by Gasteiger charge is -2.32. The van der Waals surface area contributed by atoms with Gasteiger partial charge in [0.1, 0.15) is 5.01 Å². The van der Waals surface area contributed by atoms with Crippen molar-refractivity contribution in [1.82, 2.24) is 20.2 Å². The number of aromatic nitrogens is 2. The zero-order valence-corrected chi connectivity index (χ0v) is 20.0. The van der Waals surface area contributed by atoms with Gasteiger partial charge in [0, 0.05) is 42.5 Å². The summed E-state index contributed by atoms with van der Waals surface area (Å²) in [7, 11) is 0. The summed E-state index contributed by atoms with van der Waals surface area (Å²) in [5, 5.41) is 6.28. The van der Waals surface area contributed by atoms with Crippen LogP contribution in [0.5, 0.6) is 5.19 Å². The average Bonchev–Trinajstić information content (AvgIpc) is 3.40. The number of nitrogens with one attached hydrogen (secondary N) is 1. The van der Waals surface area contributed by atoms with Crippen molar-refractivity contribution in [3.8, 4) is 5.19 Å². The van der Waals surface area contributed by atoms with Crippen molar-refractivity contribution >= 4 is 28.6 Å². The zero-order chi connectivity index (χ0) is 22.6. The lowest BCUT2D eigenvalue weighted by Crippen LogP contribution is -2.39. The molecule has 0 unspecified atom stereocenters. The number of hydrogen-bond donors (Lipinski definition) is 1. The number of nitrogens with zero attached hydrogens (tertiary/aromatic N) is 3. The molecule has 2 aliphatic rings. The Morgan fingerprint density at radius 2 is 2.16 bits per heavy atom. The monoisotopic (exact) mass is 484 g/mol. The van der Waals surface area contributed by atoms with Crippen LogP contribution >= 0.6 is 22.7 Å². The van der Waals surface area contributed by atoms with Crippen LogP contribution in [0.2, 0.25) is 0 Å². The fourth-order valence-electron chi connectivity index (χ4n) is 4.39. The number of thiazole rings is 2. The molecule has 0 radical (unpaired) electrons. The largest absolute Gasteiger partial charge is 0.464 e. The minimum Gasteiger partial charge on any atom is -0.464 e. The molecule has 0 atom stereocenters. The van der Waals surface area contributed by atoms with Gasteiger partial charge in [-0.2, -0.15) is 0 Å². The van der Waals surface area contributed by atoms with Crippen molar-refractivity contribution in [2.75, 3.05) is 19.7 Å². The molecule has 1 N–H and O–H groups in total. The Kier molecular flexibility index (Phi) is 7.73. The minimum atomic E-state index is -2.85. The highest BCUT2D eigenvalue weighted by atomic mass is 32.1. The predicted octanol–water partition coefficient (Wildman–Crippen LogP) is 4.30. The zero-order valence-electron chi connectivity index (χ0n) is 18.3. The molecular weight excluding hydrogens is 454 g/mol. The van der Waals surface area contributed by atoms with E-state index in [-0.39, 0.29) is 11.9 Å². The Labute approximate surface area is 195 Å². The maximum Gasteiger partial charge on any atom is 0.278 e.